The zero-order valence-corrected chi connectivity index (χ0v) is 13.1. The summed E-state index contributed by atoms with van der Waals surface area (Å²) in [5.74, 6) is -0.609. The van der Waals surface area contributed by atoms with Crippen LogP contribution in [0.15, 0.2) is 11.6 Å². The maximum atomic E-state index is 12.7. The van der Waals surface area contributed by atoms with Gasteiger partial charge in [0, 0.05) is 11.6 Å². The van der Waals surface area contributed by atoms with E-state index < -0.39 is 17.5 Å². The molecule has 4 amide bonds. The van der Waals surface area contributed by atoms with Crippen LogP contribution in [0.1, 0.15) is 32.6 Å². The van der Waals surface area contributed by atoms with Gasteiger partial charge < -0.3 is 10.6 Å². The topological polar surface area (TPSA) is 91.4 Å². The van der Waals surface area contributed by atoms with Crippen LogP contribution in [-0.4, -0.2) is 39.8 Å². The minimum Gasteiger partial charge on any atom is -0.323 e. The molecule has 2 fully saturated rings. The molecule has 2 heterocycles. The van der Waals surface area contributed by atoms with Crippen molar-refractivity contribution in [1.82, 2.24) is 15.2 Å². The molecule has 0 unspecified atom stereocenters. The number of urea groups is 1. The van der Waals surface area contributed by atoms with Gasteiger partial charge >= 0.3 is 6.03 Å². The van der Waals surface area contributed by atoms with Crippen LogP contribution in [0.25, 0.3) is 0 Å². The van der Waals surface area contributed by atoms with Crippen molar-refractivity contribution in [1.29, 1.82) is 0 Å². The zero-order valence-electron chi connectivity index (χ0n) is 12.3. The Labute approximate surface area is 132 Å². The summed E-state index contributed by atoms with van der Waals surface area (Å²) < 4.78 is 0. The molecule has 7 nitrogen and oxygen atoms in total. The van der Waals surface area contributed by atoms with Gasteiger partial charge in [0.05, 0.1) is 0 Å². The number of nitrogens with one attached hydrogen (secondary N) is 2. The molecule has 1 aromatic rings. The second-order valence-corrected chi connectivity index (χ2v) is 6.72. The van der Waals surface area contributed by atoms with Crippen LogP contribution >= 0.6 is 11.3 Å². The Kier molecular flexibility index (Phi) is 3.86. The molecule has 1 aromatic heterocycles. The third kappa shape index (κ3) is 2.47. The molecule has 3 rings (SSSR count). The first kappa shape index (κ1) is 15.0. The number of hydrogen-bond donors (Lipinski definition) is 2. The monoisotopic (exact) mass is 322 g/mol. The number of amides is 4. The molecule has 1 aliphatic carbocycles. The highest BCUT2D eigenvalue weighted by molar-refractivity contribution is 7.13. The van der Waals surface area contributed by atoms with E-state index in [0.29, 0.717) is 11.6 Å². The highest BCUT2D eigenvalue weighted by atomic mass is 32.1. The number of nitrogens with zero attached hydrogens (tertiary/aromatic N) is 2. The van der Waals surface area contributed by atoms with Crippen molar-refractivity contribution >= 4 is 34.3 Å². The van der Waals surface area contributed by atoms with E-state index in [1.807, 2.05) is 6.92 Å². The summed E-state index contributed by atoms with van der Waals surface area (Å²) in [6.45, 7) is 1.70. The van der Waals surface area contributed by atoms with E-state index >= 15 is 0 Å². The number of carbonyl (C=O) groups excluding carboxylic acids is 3. The van der Waals surface area contributed by atoms with Gasteiger partial charge in [-0.1, -0.05) is 19.8 Å². The Morgan fingerprint density at radius 2 is 2.36 bits per heavy atom. The number of carbonyl (C=O) groups is 3. The molecule has 1 aliphatic heterocycles. The van der Waals surface area contributed by atoms with Gasteiger partial charge in [0.1, 0.15) is 12.1 Å². The van der Waals surface area contributed by atoms with Crippen LogP contribution in [-0.2, 0) is 9.59 Å². The average molecular weight is 322 g/mol. The van der Waals surface area contributed by atoms with E-state index in [-0.39, 0.29) is 18.4 Å². The van der Waals surface area contributed by atoms with Crippen molar-refractivity contribution in [3.63, 3.8) is 0 Å². The molecule has 0 bridgehead atoms. The lowest BCUT2D eigenvalue weighted by Crippen LogP contribution is -2.54. The molecule has 2 N–H and O–H groups in total. The fourth-order valence-electron chi connectivity index (χ4n) is 3.23. The SMILES string of the molecule is C[C@H]1CCCC[C@]12NC(=O)N(CC(=O)Nc1nccs1)C2=O. The second kappa shape index (κ2) is 5.68. The van der Waals surface area contributed by atoms with Crippen molar-refractivity contribution in [2.24, 2.45) is 5.92 Å². The molecule has 22 heavy (non-hydrogen) atoms. The van der Waals surface area contributed by atoms with E-state index in [1.165, 1.54) is 11.3 Å². The van der Waals surface area contributed by atoms with Gasteiger partial charge in [0.15, 0.2) is 5.13 Å². The molecule has 2 atom stereocenters. The summed E-state index contributed by atoms with van der Waals surface area (Å²) in [4.78, 5) is 41.8. The highest BCUT2D eigenvalue weighted by Crippen LogP contribution is 2.38. The molecular formula is C14H18N4O3S. The Hall–Kier alpha value is -1.96. The molecule has 1 saturated carbocycles. The number of rotatable bonds is 3. The van der Waals surface area contributed by atoms with Crippen LogP contribution in [0.2, 0.25) is 0 Å². The van der Waals surface area contributed by atoms with Crippen LogP contribution in [0, 0.1) is 5.92 Å². The van der Waals surface area contributed by atoms with E-state index in [9.17, 15) is 14.4 Å². The second-order valence-electron chi connectivity index (χ2n) is 5.83. The Balaban J connectivity index is 1.70. The third-order valence-electron chi connectivity index (χ3n) is 4.48. The number of aromatic nitrogens is 1. The summed E-state index contributed by atoms with van der Waals surface area (Å²) in [5.41, 5.74) is -0.823. The first-order valence-corrected chi connectivity index (χ1v) is 8.24. The maximum Gasteiger partial charge on any atom is 0.325 e. The van der Waals surface area contributed by atoms with Crippen LogP contribution in [0.5, 0.6) is 0 Å². The first-order chi connectivity index (χ1) is 10.5. The number of thiazole rings is 1. The largest absolute Gasteiger partial charge is 0.325 e. The summed E-state index contributed by atoms with van der Waals surface area (Å²) in [5, 5.41) is 7.61. The molecule has 0 aromatic carbocycles. The molecule has 0 radical (unpaired) electrons. The first-order valence-electron chi connectivity index (χ1n) is 7.36. The van der Waals surface area contributed by atoms with Gasteiger partial charge in [-0.05, 0) is 18.8 Å². The minimum absolute atomic E-state index is 0.0877. The predicted octanol–water partition coefficient (Wildman–Crippen LogP) is 1.58. The molecule has 1 saturated heterocycles. The number of imide groups is 1. The normalized spacial score (nSPS) is 28.0. The molecule has 1 spiro atoms. The summed E-state index contributed by atoms with van der Waals surface area (Å²) in [6, 6.07) is -0.479. The van der Waals surface area contributed by atoms with Gasteiger partial charge in [0.25, 0.3) is 5.91 Å². The lowest BCUT2D eigenvalue weighted by molar-refractivity contribution is -0.136. The van der Waals surface area contributed by atoms with Crippen molar-refractivity contribution < 1.29 is 14.4 Å². The van der Waals surface area contributed by atoms with E-state index in [4.69, 9.17) is 0 Å². The molecular weight excluding hydrogens is 304 g/mol. The van der Waals surface area contributed by atoms with Crippen molar-refractivity contribution in [2.75, 3.05) is 11.9 Å². The van der Waals surface area contributed by atoms with Gasteiger partial charge in [0.2, 0.25) is 5.91 Å². The minimum atomic E-state index is -0.823. The average Bonchev–Trinajstić information content (AvgIpc) is 3.06. The lowest BCUT2D eigenvalue weighted by Gasteiger charge is -2.36. The third-order valence-corrected chi connectivity index (χ3v) is 5.17. The Bertz CT molecular complexity index is 603. The van der Waals surface area contributed by atoms with Crippen molar-refractivity contribution in [3.8, 4) is 0 Å². The van der Waals surface area contributed by atoms with Crippen molar-refractivity contribution in [2.45, 2.75) is 38.1 Å². The lowest BCUT2D eigenvalue weighted by atomic mass is 9.73. The summed E-state index contributed by atoms with van der Waals surface area (Å²) >= 11 is 1.29. The number of anilines is 1. The van der Waals surface area contributed by atoms with E-state index in [1.54, 1.807) is 11.6 Å². The summed E-state index contributed by atoms with van der Waals surface area (Å²) in [7, 11) is 0. The molecule has 8 heteroatoms. The smallest absolute Gasteiger partial charge is 0.323 e. The van der Waals surface area contributed by atoms with Gasteiger partial charge in [-0.15, -0.1) is 11.3 Å². The van der Waals surface area contributed by atoms with E-state index in [2.05, 4.69) is 15.6 Å². The Morgan fingerprint density at radius 1 is 1.55 bits per heavy atom. The maximum absolute atomic E-state index is 12.7. The van der Waals surface area contributed by atoms with Crippen LogP contribution in [0.3, 0.4) is 0 Å². The zero-order chi connectivity index (χ0) is 15.7. The quantitative estimate of drug-likeness (QED) is 0.827. The fourth-order valence-corrected chi connectivity index (χ4v) is 3.77. The number of hydrogen-bond acceptors (Lipinski definition) is 5. The van der Waals surface area contributed by atoms with Gasteiger partial charge in [-0.2, -0.15) is 0 Å². The van der Waals surface area contributed by atoms with Crippen LogP contribution in [0.4, 0.5) is 9.93 Å². The standard InChI is InChI=1S/C14H18N4O3S/c1-9-4-2-3-5-14(9)11(20)18(13(21)17-14)8-10(19)16-12-15-6-7-22-12/h6-7,9H,2-5,8H2,1H3,(H,17,21)(H,15,16,19)/t9-,14-/m0/s1. The Morgan fingerprint density at radius 3 is 3.05 bits per heavy atom. The molecule has 118 valence electrons. The van der Waals surface area contributed by atoms with Crippen LogP contribution < -0.4 is 10.6 Å². The van der Waals surface area contributed by atoms with Crippen molar-refractivity contribution in [3.05, 3.63) is 11.6 Å². The van der Waals surface area contributed by atoms with Gasteiger partial charge in [-0.25, -0.2) is 9.78 Å². The highest BCUT2D eigenvalue weighted by Gasteiger charge is 2.55. The van der Waals surface area contributed by atoms with E-state index in [0.717, 1.165) is 24.2 Å². The molecule has 2 aliphatic rings. The predicted molar refractivity (Wildman–Crippen MR) is 81.4 cm³/mol. The summed E-state index contributed by atoms with van der Waals surface area (Å²) in [6.07, 6.45) is 5.10. The van der Waals surface area contributed by atoms with Gasteiger partial charge in [-0.3, -0.25) is 14.5 Å². The fraction of sp³-hybridized carbons (Fsp3) is 0.571.